The molecular formula is C15H20N2O4. The Kier molecular flexibility index (Phi) is 4.06. The number of aryl methyl sites for hydroxylation is 1. The number of fused-ring (bicyclic) bond motifs is 1. The molecule has 0 bridgehead atoms. The number of carboxylic acids is 1. The van der Waals surface area contributed by atoms with Gasteiger partial charge in [-0.1, -0.05) is 0 Å². The number of carbonyl (C=O) groups excluding carboxylic acids is 1. The van der Waals surface area contributed by atoms with Crippen LogP contribution in [0.25, 0.3) is 0 Å². The lowest BCUT2D eigenvalue weighted by molar-refractivity contribution is -0.138. The average Bonchev–Trinajstić information content (AvgIpc) is 2.35. The minimum absolute atomic E-state index is 0.505. The van der Waals surface area contributed by atoms with Crippen molar-refractivity contribution in [3.8, 4) is 0 Å². The lowest BCUT2D eigenvalue weighted by Gasteiger charge is -2.25. The molecule has 1 aliphatic heterocycles. The summed E-state index contributed by atoms with van der Waals surface area (Å²) in [6, 6.07) is 4.78. The monoisotopic (exact) mass is 292 g/mol. The molecule has 1 heterocycles. The highest BCUT2D eigenvalue weighted by Crippen LogP contribution is 2.28. The molecule has 1 aromatic rings. The van der Waals surface area contributed by atoms with Crippen LogP contribution in [0.3, 0.4) is 0 Å². The van der Waals surface area contributed by atoms with Crippen molar-refractivity contribution in [2.45, 2.75) is 45.3 Å². The standard InChI is InChI=1S/C15H20N2O4/c1-15(2,3)21-14(20)16-10-5-7-11-9(8-10)4-6-12(17-11)13(18)19/h5,7-8,12,17H,4,6H2,1-3H3,(H,16,20)(H,18,19)/t12-/m0/s1. The molecule has 21 heavy (non-hydrogen) atoms. The molecule has 0 aliphatic carbocycles. The van der Waals surface area contributed by atoms with Crippen LogP contribution in [0, 0.1) is 0 Å². The molecule has 2 rings (SSSR count). The molecule has 0 saturated carbocycles. The third kappa shape index (κ3) is 4.11. The molecule has 0 saturated heterocycles. The summed E-state index contributed by atoms with van der Waals surface area (Å²) in [5.74, 6) is -0.850. The van der Waals surface area contributed by atoms with Gasteiger partial charge >= 0.3 is 12.1 Å². The van der Waals surface area contributed by atoms with E-state index in [1.165, 1.54) is 0 Å². The Bertz CT molecular complexity index is 563. The van der Waals surface area contributed by atoms with Gasteiger partial charge in [0.05, 0.1) is 0 Å². The maximum Gasteiger partial charge on any atom is 0.412 e. The number of carbonyl (C=O) groups is 2. The Balaban J connectivity index is 2.05. The summed E-state index contributed by atoms with van der Waals surface area (Å²) >= 11 is 0. The molecule has 1 aromatic carbocycles. The Morgan fingerprint density at radius 2 is 2.10 bits per heavy atom. The van der Waals surface area contributed by atoms with E-state index in [0.717, 1.165) is 11.3 Å². The second-order valence-electron chi connectivity index (χ2n) is 6.07. The number of rotatable bonds is 2. The van der Waals surface area contributed by atoms with E-state index in [2.05, 4.69) is 10.6 Å². The summed E-state index contributed by atoms with van der Waals surface area (Å²) < 4.78 is 5.19. The van der Waals surface area contributed by atoms with Crippen LogP contribution in [0.2, 0.25) is 0 Å². The van der Waals surface area contributed by atoms with Crippen LogP contribution in [0.15, 0.2) is 18.2 Å². The SMILES string of the molecule is CC(C)(C)OC(=O)Nc1ccc2c(c1)CC[C@@H](C(=O)O)N2. The van der Waals surface area contributed by atoms with Gasteiger partial charge in [0.25, 0.3) is 0 Å². The highest BCUT2D eigenvalue weighted by Gasteiger charge is 2.23. The maximum atomic E-state index is 11.7. The molecule has 0 spiro atoms. The van der Waals surface area contributed by atoms with Crippen molar-refractivity contribution >= 4 is 23.4 Å². The number of carboxylic acid groups (broad SMARTS) is 1. The van der Waals surface area contributed by atoms with Crippen molar-refractivity contribution in [3.63, 3.8) is 0 Å². The normalized spacial score (nSPS) is 17.4. The molecule has 0 aromatic heterocycles. The lowest BCUT2D eigenvalue weighted by atomic mass is 9.97. The quantitative estimate of drug-likeness (QED) is 0.780. The van der Waals surface area contributed by atoms with Crippen molar-refractivity contribution < 1.29 is 19.4 Å². The van der Waals surface area contributed by atoms with Gasteiger partial charge < -0.3 is 15.2 Å². The van der Waals surface area contributed by atoms with E-state index in [9.17, 15) is 9.59 Å². The van der Waals surface area contributed by atoms with Gasteiger partial charge in [-0.2, -0.15) is 0 Å². The molecule has 1 aliphatic rings. The second-order valence-corrected chi connectivity index (χ2v) is 6.07. The minimum Gasteiger partial charge on any atom is -0.480 e. The summed E-state index contributed by atoms with van der Waals surface area (Å²) in [5, 5.41) is 14.7. The summed E-state index contributed by atoms with van der Waals surface area (Å²) in [4.78, 5) is 22.7. The number of amides is 1. The van der Waals surface area contributed by atoms with Crippen LogP contribution in [0.1, 0.15) is 32.8 Å². The van der Waals surface area contributed by atoms with Gasteiger partial charge in [-0.05, 0) is 57.4 Å². The molecule has 6 nitrogen and oxygen atoms in total. The van der Waals surface area contributed by atoms with E-state index in [1.807, 2.05) is 6.07 Å². The van der Waals surface area contributed by atoms with Gasteiger partial charge in [-0.15, -0.1) is 0 Å². The molecule has 0 unspecified atom stereocenters. The predicted molar refractivity (Wildman–Crippen MR) is 79.7 cm³/mol. The van der Waals surface area contributed by atoms with Crippen LogP contribution in [0.4, 0.5) is 16.2 Å². The van der Waals surface area contributed by atoms with Crippen molar-refractivity contribution in [2.75, 3.05) is 10.6 Å². The number of anilines is 2. The van der Waals surface area contributed by atoms with E-state index in [4.69, 9.17) is 9.84 Å². The first-order valence-corrected chi connectivity index (χ1v) is 6.87. The Labute approximate surface area is 123 Å². The smallest absolute Gasteiger partial charge is 0.412 e. The van der Waals surface area contributed by atoms with Crippen LogP contribution in [-0.4, -0.2) is 28.8 Å². The van der Waals surface area contributed by atoms with Crippen LogP contribution in [-0.2, 0) is 16.0 Å². The number of nitrogens with one attached hydrogen (secondary N) is 2. The molecule has 114 valence electrons. The van der Waals surface area contributed by atoms with Gasteiger partial charge in [0.1, 0.15) is 11.6 Å². The van der Waals surface area contributed by atoms with Crippen molar-refractivity contribution in [1.29, 1.82) is 0 Å². The molecule has 1 atom stereocenters. The Hall–Kier alpha value is -2.24. The first-order chi connectivity index (χ1) is 9.74. The predicted octanol–water partition coefficient (Wildman–Crippen LogP) is 2.84. The van der Waals surface area contributed by atoms with Crippen LogP contribution >= 0.6 is 0 Å². The summed E-state index contributed by atoms with van der Waals surface area (Å²) in [6.45, 7) is 5.40. The van der Waals surface area contributed by atoms with Crippen molar-refractivity contribution in [1.82, 2.24) is 0 Å². The fourth-order valence-electron chi connectivity index (χ4n) is 2.19. The molecule has 1 amide bonds. The first kappa shape index (κ1) is 15.2. The van der Waals surface area contributed by atoms with E-state index >= 15 is 0 Å². The van der Waals surface area contributed by atoms with Crippen LogP contribution < -0.4 is 10.6 Å². The molecule has 0 fully saturated rings. The van der Waals surface area contributed by atoms with Gasteiger partial charge in [-0.3, -0.25) is 5.32 Å². The van der Waals surface area contributed by atoms with E-state index in [-0.39, 0.29) is 0 Å². The zero-order valence-electron chi connectivity index (χ0n) is 12.4. The third-order valence-electron chi connectivity index (χ3n) is 3.08. The number of hydrogen-bond acceptors (Lipinski definition) is 4. The largest absolute Gasteiger partial charge is 0.480 e. The van der Waals surface area contributed by atoms with Crippen molar-refractivity contribution in [2.24, 2.45) is 0 Å². The fourth-order valence-corrected chi connectivity index (χ4v) is 2.19. The second kappa shape index (κ2) is 5.63. The molecule has 0 radical (unpaired) electrons. The third-order valence-corrected chi connectivity index (χ3v) is 3.08. The zero-order chi connectivity index (χ0) is 15.6. The number of aliphatic carboxylic acids is 1. The summed E-state index contributed by atoms with van der Waals surface area (Å²) in [7, 11) is 0. The van der Waals surface area contributed by atoms with Crippen molar-refractivity contribution in [3.05, 3.63) is 23.8 Å². The van der Waals surface area contributed by atoms with Gasteiger partial charge in [0.15, 0.2) is 0 Å². The first-order valence-electron chi connectivity index (χ1n) is 6.87. The molecule has 3 N–H and O–H groups in total. The lowest BCUT2D eigenvalue weighted by Crippen LogP contribution is -2.33. The Morgan fingerprint density at radius 3 is 2.71 bits per heavy atom. The number of hydrogen-bond donors (Lipinski definition) is 3. The number of ether oxygens (including phenoxy) is 1. The minimum atomic E-state index is -0.850. The average molecular weight is 292 g/mol. The fraction of sp³-hybridized carbons (Fsp3) is 0.467. The topological polar surface area (TPSA) is 87.7 Å². The Morgan fingerprint density at radius 1 is 1.38 bits per heavy atom. The van der Waals surface area contributed by atoms with Gasteiger partial charge in [0, 0.05) is 11.4 Å². The van der Waals surface area contributed by atoms with Crippen LogP contribution in [0.5, 0.6) is 0 Å². The molecular weight excluding hydrogens is 272 g/mol. The summed E-state index contributed by atoms with van der Waals surface area (Å²) in [5.41, 5.74) is 1.87. The summed E-state index contributed by atoms with van der Waals surface area (Å²) in [6.07, 6.45) is 0.677. The zero-order valence-corrected chi connectivity index (χ0v) is 12.4. The highest BCUT2D eigenvalue weighted by atomic mass is 16.6. The highest BCUT2D eigenvalue weighted by molar-refractivity contribution is 5.86. The molecule has 6 heteroatoms. The number of benzene rings is 1. The maximum absolute atomic E-state index is 11.7. The van der Waals surface area contributed by atoms with E-state index in [1.54, 1.807) is 32.9 Å². The van der Waals surface area contributed by atoms with E-state index < -0.39 is 23.7 Å². The van der Waals surface area contributed by atoms with Gasteiger partial charge in [-0.25, -0.2) is 9.59 Å². The van der Waals surface area contributed by atoms with Gasteiger partial charge in [0.2, 0.25) is 0 Å². The van der Waals surface area contributed by atoms with E-state index in [0.29, 0.717) is 18.5 Å².